The molecular weight excluding hydrogens is 448 g/mol. The summed E-state index contributed by atoms with van der Waals surface area (Å²) >= 11 is 0. The van der Waals surface area contributed by atoms with Crippen molar-refractivity contribution in [3.8, 4) is 17.2 Å². The minimum atomic E-state index is -1.76. The molecule has 2 aromatic heterocycles. The van der Waals surface area contributed by atoms with Gasteiger partial charge in [-0.15, -0.1) is 0 Å². The number of nitrogens with one attached hydrogen (secondary N) is 1. The van der Waals surface area contributed by atoms with Gasteiger partial charge in [-0.25, -0.2) is 9.19 Å². The third-order valence-corrected chi connectivity index (χ3v) is 7.41. The fourth-order valence-corrected chi connectivity index (χ4v) is 5.24. The van der Waals surface area contributed by atoms with Crippen LogP contribution in [0.25, 0.3) is 11.1 Å². The van der Waals surface area contributed by atoms with Gasteiger partial charge in [-0.05, 0) is 86.3 Å². The summed E-state index contributed by atoms with van der Waals surface area (Å²) in [6.07, 6.45) is 4.63. The Hall–Kier alpha value is -3.35. The number of hydrogen-bond donors (Lipinski definition) is 1. The van der Waals surface area contributed by atoms with E-state index in [-0.39, 0.29) is 18.4 Å². The minimum Gasteiger partial charge on any atom is -0.301 e. The molecule has 0 aliphatic heterocycles. The van der Waals surface area contributed by atoms with Crippen LogP contribution in [0.1, 0.15) is 47.5 Å². The topological polar surface area (TPSA) is 104 Å². The van der Waals surface area contributed by atoms with Crippen LogP contribution >= 0.6 is 0 Å². The van der Waals surface area contributed by atoms with Gasteiger partial charge in [-0.1, -0.05) is 12.1 Å². The molecule has 176 valence electrons. The van der Waals surface area contributed by atoms with E-state index < -0.39 is 11.0 Å². The van der Waals surface area contributed by atoms with E-state index in [4.69, 9.17) is 0 Å². The van der Waals surface area contributed by atoms with Gasteiger partial charge in [0.05, 0.1) is 12.1 Å². The van der Waals surface area contributed by atoms with Gasteiger partial charge in [0.2, 0.25) is 5.91 Å². The monoisotopic (exact) mass is 476 g/mol. The molecule has 1 aromatic carbocycles. The molecule has 0 saturated carbocycles. The van der Waals surface area contributed by atoms with Crippen LogP contribution in [-0.2, 0) is 42.1 Å². The van der Waals surface area contributed by atoms with Crippen molar-refractivity contribution in [3.63, 3.8) is 0 Å². The predicted octanol–water partition coefficient (Wildman–Crippen LogP) is 2.85. The highest BCUT2D eigenvalue weighted by molar-refractivity contribution is 7.83. The molecule has 34 heavy (non-hydrogen) atoms. The predicted molar refractivity (Wildman–Crippen MR) is 130 cm³/mol. The number of aromatic nitrogens is 3. The maximum absolute atomic E-state index is 13.0. The lowest BCUT2D eigenvalue weighted by atomic mass is 9.91. The number of fused-ring (bicyclic) bond motifs is 1. The Kier molecular flexibility index (Phi) is 6.91. The number of hydrogen-bond acceptors (Lipinski definition) is 6. The normalized spacial score (nSPS) is 14.5. The Bertz CT molecular complexity index is 1310. The molecule has 2 atom stereocenters. The fraction of sp³-hybridized carbons (Fsp3) is 0.360. The number of nitrogens with zero attached hydrogens (tertiary/aromatic N) is 5. The zero-order chi connectivity index (χ0) is 24.4. The standard InChI is InChI=1S/C25H28N6O2S/c1-16(30(2)3)23-14-25(28-31(23)4)34(33)29-24(32)13-22-20-7-5-6-17(20)8-9-21(22)18-10-11-27-19(12-18)15-26/h8-12,14,16H,5-7,13H2,1-4H3,(H,29,32). The summed E-state index contributed by atoms with van der Waals surface area (Å²) in [6, 6.07) is 11.6. The molecule has 1 amide bonds. The second-order valence-electron chi connectivity index (χ2n) is 8.77. The van der Waals surface area contributed by atoms with Crippen molar-refractivity contribution in [2.24, 2.45) is 7.05 Å². The molecular formula is C25H28N6O2S. The molecule has 0 saturated heterocycles. The molecule has 9 heteroatoms. The largest absolute Gasteiger partial charge is 0.301 e. The number of carbonyl (C=O) groups is 1. The zero-order valence-electron chi connectivity index (χ0n) is 19.8. The molecule has 1 N–H and O–H groups in total. The summed E-state index contributed by atoms with van der Waals surface area (Å²) < 4.78 is 17.2. The van der Waals surface area contributed by atoms with Crippen LogP contribution in [0.15, 0.2) is 41.6 Å². The highest BCUT2D eigenvalue weighted by Gasteiger charge is 2.23. The van der Waals surface area contributed by atoms with E-state index in [1.54, 1.807) is 23.0 Å². The number of benzene rings is 1. The Morgan fingerprint density at radius 1 is 1.29 bits per heavy atom. The smallest absolute Gasteiger partial charge is 0.236 e. The molecule has 4 rings (SSSR count). The maximum Gasteiger partial charge on any atom is 0.236 e. The van der Waals surface area contributed by atoms with Crippen LogP contribution in [0.2, 0.25) is 0 Å². The summed E-state index contributed by atoms with van der Waals surface area (Å²) in [5.74, 6) is -0.331. The average Bonchev–Trinajstić information content (AvgIpc) is 3.45. The Balaban J connectivity index is 1.59. The van der Waals surface area contributed by atoms with Gasteiger partial charge in [0, 0.05) is 19.3 Å². The average molecular weight is 477 g/mol. The van der Waals surface area contributed by atoms with E-state index in [1.165, 1.54) is 11.1 Å². The Labute approximate surface area is 202 Å². The molecule has 2 unspecified atom stereocenters. The third-order valence-electron chi connectivity index (χ3n) is 6.42. The van der Waals surface area contributed by atoms with Crippen LogP contribution in [-0.4, -0.2) is 43.9 Å². The molecule has 8 nitrogen and oxygen atoms in total. The van der Waals surface area contributed by atoms with Crippen molar-refractivity contribution in [2.75, 3.05) is 14.1 Å². The summed E-state index contributed by atoms with van der Waals surface area (Å²) in [7, 11) is 3.98. The molecule has 1 aliphatic rings. The molecule has 2 heterocycles. The minimum absolute atomic E-state index is 0.0899. The van der Waals surface area contributed by atoms with Crippen LogP contribution < -0.4 is 4.72 Å². The number of nitriles is 1. The molecule has 0 spiro atoms. The summed E-state index contributed by atoms with van der Waals surface area (Å²) in [5, 5.41) is 13.9. The molecule has 0 fully saturated rings. The van der Waals surface area contributed by atoms with Gasteiger partial charge < -0.3 is 4.90 Å². The number of amides is 1. The van der Waals surface area contributed by atoms with Crippen LogP contribution in [0.5, 0.6) is 0 Å². The van der Waals surface area contributed by atoms with Crippen LogP contribution in [0.4, 0.5) is 0 Å². The Morgan fingerprint density at radius 2 is 2.09 bits per heavy atom. The highest BCUT2D eigenvalue weighted by Crippen LogP contribution is 2.34. The first-order chi connectivity index (χ1) is 16.3. The number of rotatable bonds is 7. The van der Waals surface area contributed by atoms with Crippen molar-refractivity contribution < 1.29 is 9.00 Å². The lowest BCUT2D eigenvalue weighted by molar-refractivity contribution is -0.118. The van der Waals surface area contributed by atoms with E-state index in [2.05, 4.69) is 26.9 Å². The van der Waals surface area contributed by atoms with Crippen molar-refractivity contribution in [1.29, 1.82) is 5.26 Å². The van der Waals surface area contributed by atoms with Crippen molar-refractivity contribution >= 4 is 16.9 Å². The summed E-state index contributed by atoms with van der Waals surface area (Å²) in [4.78, 5) is 19.1. The second-order valence-corrected chi connectivity index (χ2v) is 9.93. The maximum atomic E-state index is 13.0. The van der Waals surface area contributed by atoms with Gasteiger partial charge in [0.1, 0.15) is 11.8 Å². The first kappa shape index (κ1) is 23.8. The van der Waals surface area contributed by atoms with Crippen molar-refractivity contribution in [1.82, 2.24) is 24.4 Å². The van der Waals surface area contributed by atoms with Crippen LogP contribution in [0, 0.1) is 11.3 Å². The van der Waals surface area contributed by atoms with E-state index in [0.29, 0.717) is 10.7 Å². The molecule has 3 aromatic rings. The summed E-state index contributed by atoms with van der Waals surface area (Å²) in [6.45, 7) is 2.04. The van der Waals surface area contributed by atoms with Gasteiger partial charge >= 0.3 is 0 Å². The first-order valence-electron chi connectivity index (χ1n) is 11.2. The fourth-order valence-electron chi connectivity index (χ4n) is 4.43. The number of aryl methyl sites for hydroxylation is 2. The molecule has 0 radical (unpaired) electrons. The second kappa shape index (κ2) is 9.87. The zero-order valence-corrected chi connectivity index (χ0v) is 20.6. The van der Waals surface area contributed by atoms with Gasteiger partial charge in [0.15, 0.2) is 16.0 Å². The van der Waals surface area contributed by atoms with Crippen LogP contribution in [0.3, 0.4) is 0 Å². The molecule has 1 aliphatic carbocycles. The van der Waals surface area contributed by atoms with E-state index in [1.807, 2.05) is 45.1 Å². The number of carbonyl (C=O) groups excluding carboxylic acids is 1. The molecule has 0 bridgehead atoms. The van der Waals surface area contributed by atoms with Crippen molar-refractivity contribution in [2.45, 2.75) is 43.7 Å². The lowest BCUT2D eigenvalue weighted by Crippen LogP contribution is -2.28. The van der Waals surface area contributed by atoms with E-state index in [0.717, 1.165) is 41.6 Å². The third kappa shape index (κ3) is 4.79. The van der Waals surface area contributed by atoms with Gasteiger partial charge in [0.25, 0.3) is 0 Å². The van der Waals surface area contributed by atoms with E-state index in [9.17, 15) is 14.3 Å². The number of pyridine rings is 1. The Morgan fingerprint density at radius 3 is 2.82 bits per heavy atom. The SMILES string of the molecule is CC(c1cc(S(=O)NC(=O)Cc2c(-c3ccnc(C#N)c3)ccc3c2CCC3)nn1C)N(C)C. The lowest BCUT2D eigenvalue weighted by Gasteiger charge is -2.19. The van der Waals surface area contributed by atoms with Gasteiger partial charge in [-0.2, -0.15) is 10.4 Å². The quantitative estimate of drug-likeness (QED) is 0.562. The van der Waals surface area contributed by atoms with E-state index >= 15 is 0 Å². The van der Waals surface area contributed by atoms with Gasteiger partial charge in [-0.3, -0.25) is 14.2 Å². The highest BCUT2D eigenvalue weighted by atomic mass is 32.2. The first-order valence-corrected chi connectivity index (χ1v) is 12.3. The van der Waals surface area contributed by atoms with Crippen molar-refractivity contribution in [3.05, 3.63) is 64.6 Å². The summed E-state index contributed by atoms with van der Waals surface area (Å²) in [5.41, 5.74) is 6.33.